The molecule has 0 saturated carbocycles. The Labute approximate surface area is 61.6 Å². The lowest BCUT2D eigenvalue weighted by Gasteiger charge is -2.29. The maximum absolute atomic E-state index is 13.3. The average molecular weight is 163 g/mol. The summed E-state index contributed by atoms with van der Waals surface area (Å²) in [5, 5.41) is -1.78. The maximum atomic E-state index is 13.3. The molecule has 4 heteroatoms. The van der Waals surface area contributed by atoms with Crippen LogP contribution >= 0.6 is 0 Å². The highest BCUT2D eigenvalue weighted by atomic mass is 28.3. The fourth-order valence-electron chi connectivity index (χ4n) is 0.370. The summed E-state index contributed by atoms with van der Waals surface area (Å²) in [6, 6.07) is 0. The minimum absolute atomic E-state index is 0.841. The second-order valence-corrected chi connectivity index (χ2v) is 9.06. The zero-order valence-corrected chi connectivity index (χ0v) is 7.86. The second-order valence-electron chi connectivity index (χ2n) is 3.62. The van der Waals surface area contributed by atoms with E-state index >= 15 is 0 Å². The first kappa shape index (κ1) is 9.62. The molecule has 10 heavy (non-hydrogen) atoms. The highest BCUT2D eigenvalue weighted by Crippen LogP contribution is 2.23. The lowest BCUT2D eigenvalue weighted by molar-refractivity contribution is -0.124. The number of carbonyl (C=O) groups excluding carboxylic acids is 1. The molecule has 0 fully saturated rings. The Morgan fingerprint density at radius 3 is 1.80 bits per heavy atom. The van der Waals surface area contributed by atoms with Crippen LogP contribution < -0.4 is 5.73 Å². The minimum Gasteiger partial charge on any atom is -0.367 e. The molecule has 1 amide bonds. The molecule has 2 N–H and O–H groups in total. The van der Waals surface area contributed by atoms with Crippen LogP contribution in [0.15, 0.2) is 0 Å². The first-order valence-corrected chi connectivity index (χ1v) is 6.68. The summed E-state index contributed by atoms with van der Waals surface area (Å²) in [6.45, 7) is 6.59. The van der Waals surface area contributed by atoms with Gasteiger partial charge in [-0.15, -0.1) is 0 Å². The van der Waals surface area contributed by atoms with Gasteiger partial charge in [-0.2, -0.15) is 0 Å². The van der Waals surface area contributed by atoms with Crippen molar-refractivity contribution in [1.29, 1.82) is 0 Å². The van der Waals surface area contributed by atoms with Crippen LogP contribution in [0, 0.1) is 0 Å². The molecule has 0 aliphatic heterocycles. The summed E-state index contributed by atoms with van der Waals surface area (Å²) in [7, 11) is -2.09. The molecular weight excluding hydrogens is 149 g/mol. The van der Waals surface area contributed by atoms with Crippen molar-refractivity contribution >= 4 is 14.0 Å². The smallest absolute Gasteiger partial charge is 0.251 e. The van der Waals surface area contributed by atoms with Crippen LogP contribution in [0.2, 0.25) is 19.6 Å². The zero-order chi connectivity index (χ0) is 8.58. The topological polar surface area (TPSA) is 43.1 Å². The molecule has 0 heterocycles. The van der Waals surface area contributed by atoms with Crippen LogP contribution in [-0.4, -0.2) is 19.3 Å². The van der Waals surface area contributed by atoms with Crippen LogP contribution in [0.1, 0.15) is 6.92 Å². The van der Waals surface area contributed by atoms with Gasteiger partial charge in [-0.05, 0) is 6.92 Å². The maximum Gasteiger partial charge on any atom is 0.251 e. The van der Waals surface area contributed by atoms with E-state index in [0.717, 1.165) is 0 Å². The molecule has 0 spiro atoms. The second kappa shape index (κ2) is 2.34. The Kier molecular flexibility index (Phi) is 2.25. The van der Waals surface area contributed by atoms with Crippen molar-refractivity contribution < 1.29 is 9.18 Å². The molecule has 0 aliphatic carbocycles. The molecule has 0 aromatic rings. The summed E-state index contributed by atoms with van der Waals surface area (Å²) in [4.78, 5) is 10.5. The van der Waals surface area contributed by atoms with Crippen molar-refractivity contribution in [2.75, 3.05) is 0 Å². The SMILES string of the molecule is CC(F)(C(N)=O)[Si](C)(C)C. The Morgan fingerprint density at radius 2 is 1.80 bits per heavy atom. The number of halogens is 1. The lowest BCUT2D eigenvalue weighted by atomic mass is 10.4. The van der Waals surface area contributed by atoms with Gasteiger partial charge in [0.25, 0.3) is 5.91 Å². The summed E-state index contributed by atoms with van der Waals surface area (Å²) < 4.78 is 13.3. The number of amides is 1. The van der Waals surface area contributed by atoms with Crippen molar-refractivity contribution in [3.63, 3.8) is 0 Å². The van der Waals surface area contributed by atoms with Crippen LogP contribution in [0.25, 0.3) is 0 Å². The summed E-state index contributed by atoms with van der Waals surface area (Å²) in [5.41, 5.74) is 4.88. The monoisotopic (exact) mass is 163 g/mol. The Bertz CT molecular complexity index is 150. The van der Waals surface area contributed by atoms with Crippen molar-refractivity contribution in [2.45, 2.75) is 31.9 Å². The number of alkyl halides is 1. The van der Waals surface area contributed by atoms with Gasteiger partial charge in [0.2, 0.25) is 0 Å². The largest absolute Gasteiger partial charge is 0.367 e. The molecule has 1 unspecified atom stereocenters. The Balaban J connectivity index is 4.57. The highest BCUT2D eigenvalue weighted by Gasteiger charge is 2.44. The predicted molar refractivity (Wildman–Crippen MR) is 42.1 cm³/mol. The van der Waals surface area contributed by atoms with E-state index in [1.54, 1.807) is 19.6 Å². The van der Waals surface area contributed by atoms with Crippen LogP contribution in [0.4, 0.5) is 4.39 Å². The standard InChI is InChI=1S/C6H14FNOSi/c1-6(7,5(8)9)10(2,3)4/h1-4H3,(H2,8,9). The quantitative estimate of drug-likeness (QED) is 0.608. The van der Waals surface area contributed by atoms with E-state index in [1.165, 1.54) is 6.92 Å². The third kappa shape index (κ3) is 1.56. The Morgan fingerprint density at radius 1 is 1.50 bits per heavy atom. The fraction of sp³-hybridized carbons (Fsp3) is 0.833. The van der Waals surface area contributed by atoms with Crippen molar-refractivity contribution in [3.05, 3.63) is 0 Å². The van der Waals surface area contributed by atoms with E-state index in [-0.39, 0.29) is 0 Å². The first-order valence-electron chi connectivity index (χ1n) is 3.18. The first-order chi connectivity index (χ1) is 4.19. The third-order valence-corrected chi connectivity index (χ3v) is 4.93. The molecule has 0 saturated heterocycles. The van der Waals surface area contributed by atoms with E-state index in [4.69, 9.17) is 5.73 Å². The molecule has 0 radical (unpaired) electrons. The number of hydrogen-bond acceptors (Lipinski definition) is 1. The third-order valence-electron chi connectivity index (χ3n) is 1.87. The Hall–Kier alpha value is -0.383. The molecule has 0 aliphatic rings. The van der Waals surface area contributed by atoms with E-state index in [2.05, 4.69) is 0 Å². The van der Waals surface area contributed by atoms with Gasteiger partial charge >= 0.3 is 0 Å². The van der Waals surface area contributed by atoms with Gasteiger partial charge in [0, 0.05) is 0 Å². The van der Waals surface area contributed by atoms with Gasteiger partial charge < -0.3 is 5.73 Å². The molecular formula is C6H14FNOSi. The summed E-state index contributed by atoms with van der Waals surface area (Å²) in [5.74, 6) is -0.841. The van der Waals surface area contributed by atoms with Gasteiger partial charge in [-0.3, -0.25) is 4.79 Å². The van der Waals surface area contributed by atoms with Crippen molar-refractivity contribution in [1.82, 2.24) is 0 Å². The van der Waals surface area contributed by atoms with Crippen LogP contribution in [0.5, 0.6) is 0 Å². The molecule has 0 rings (SSSR count). The highest BCUT2D eigenvalue weighted by molar-refractivity contribution is 6.82. The normalized spacial score (nSPS) is 18.1. The molecule has 0 bridgehead atoms. The number of nitrogens with two attached hydrogens (primary N) is 1. The molecule has 60 valence electrons. The summed E-state index contributed by atoms with van der Waals surface area (Å²) >= 11 is 0. The van der Waals surface area contributed by atoms with Crippen LogP contribution in [-0.2, 0) is 4.79 Å². The average Bonchev–Trinajstić information content (AvgIpc) is 1.62. The predicted octanol–water partition coefficient (Wildman–Crippen LogP) is 1.08. The van der Waals surface area contributed by atoms with E-state index in [9.17, 15) is 9.18 Å². The lowest BCUT2D eigenvalue weighted by Crippen LogP contribution is -2.55. The van der Waals surface area contributed by atoms with Crippen molar-refractivity contribution in [3.8, 4) is 0 Å². The molecule has 0 aromatic carbocycles. The van der Waals surface area contributed by atoms with Gasteiger partial charge in [0.1, 0.15) is 8.07 Å². The van der Waals surface area contributed by atoms with E-state index < -0.39 is 19.3 Å². The summed E-state index contributed by atoms with van der Waals surface area (Å²) in [6.07, 6.45) is 0. The van der Waals surface area contributed by atoms with E-state index in [1.807, 2.05) is 0 Å². The zero-order valence-electron chi connectivity index (χ0n) is 6.86. The molecule has 2 nitrogen and oxygen atoms in total. The number of carbonyl (C=O) groups is 1. The molecule has 0 aromatic heterocycles. The van der Waals surface area contributed by atoms with Gasteiger partial charge in [-0.25, -0.2) is 4.39 Å². The fourth-order valence-corrected chi connectivity index (χ4v) is 1.11. The van der Waals surface area contributed by atoms with Gasteiger partial charge in [0.15, 0.2) is 5.29 Å². The number of primary amides is 1. The van der Waals surface area contributed by atoms with Gasteiger partial charge in [0.05, 0.1) is 0 Å². The van der Waals surface area contributed by atoms with Crippen molar-refractivity contribution in [2.24, 2.45) is 5.73 Å². The van der Waals surface area contributed by atoms with Crippen LogP contribution in [0.3, 0.4) is 0 Å². The number of hydrogen-bond donors (Lipinski definition) is 1. The minimum atomic E-state index is -2.09. The molecule has 1 atom stereocenters. The van der Waals surface area contributed by atoms with E-state index in [0.29, 0.717) is 0 Å². The van der Waals surface area contributed by atoms with Gasteiger partial charge in [-0.1, -0.05) is 19.6 Å². The number of rotatable bonds is 2.